The van der Waals surface area contributed by atoms with Gasteiger partial charge in [-0.05, 0) is 71.9 Å². The summed E-state index contributed by atoms with van der Waals surface area (Å²) in [5, 5.41) is 3.63. The van der Waals surface area contributed by atoms with Gasteiger partial charge in [0.1, 0.15) is 0 Å². The molecule has 0 atom stereocenters. The third-order valence-corrected chi connectivity index (χ3v) is 4.23. The van der Waals surface area contributed by atoms with Gasteiger partial charge in [0.15, 0.2) is 0 Å². The largest absolute Gasteiger partial charge is 0.381 e. The van der Waals surface area contributed by atoms with Crippen LogP contribution in [0.15, 0.2) is 0 Å². The molecule has 0 bridgehead atoms. The quantitative estimate of drug-likeness (QED) is 0.618. The highest BCUT2D eigenvalue weighted by molar-refractivity contribution is 4.86. The Labute approximate surface area is 125 Å². The van der Waals surface area contributed by atoms with E-state index in [9.17, 15) is 0 Å². The molecule has 20 heavy (non-hydrogen) atoms. The molecule has 0 unspecified atom stereocenters. The number of ether oxygens (including phenoxy) is 1. The smallest absolute Gasteiger partial charge is 0.0472 e. The average molecular weight is 285 g/mol. The molecule has 0 aromatic heterocycles. The molecule has 1 N–H and O–H groups in total. The fourth-order valence-electron chi connectivity index (χ4n) is 3.03. The lowest BCUT2D eigenvalue weighted by molar-refractivity contribution is -0.000750. The number of nitrogens with zero attached hydrogens (tertiary/aromatic N) is 2. The van der Waals surface area contributed by atoms with Crippen molar-refractivity contribution >= 4 is 0 Å². The van der Waals surface area contributed by atoms with E-state index in [2.05, 4.69) is 43.2 Å². The summed E-state index contributed by atoms with van der Waals surface area (Å²) in [5.41, 5.74) is 0.417. The molecule has 0 aliphatic carbocycles. The highest BCUT2D eigenvalue weighted by Crippen LogP contribution is 2.30. The molecule has 0 amide bonds. The molecule has 0 aromatic carbocycles. The molecule has 4 heteroatoms. The van der Waals surface area contributed by atoms with Crippen LogP contribution in [-0.2, 0) is 4.74 Å². The zero-order valence-corrected chi connectivity index (χ0v) is 14.1. The monoisotopic (exact) mass is 285 g/mol. The predicted molar refractivity (Wildman–Crippen MR) is 86.3 cm³/mol. The summed E-state index contributed by atoms with van der Waals surface area (Å²) < 4.78 is 5.57. The lowest BCUT2D eigenvalue weighted by Gasteiger charge is -2.40. The highest BCUT2D eigenvalue weighted by atomic mass is 16.5. The minimum atomic E-state index is 0.417. The van der Waals surface area contributed by atoms with Crippen molar-refractivity contribution in [2.75, 3.05) is 67.1 Å². The van der Waals surface area contributed by atoms with Gasteiger partial charge >= 0.3 is 0 Å². The van der Waals surface area contributed by atoms with Crippen LogP contribution in [0.5, 0.6) is 0 Å². The van der Waals surface area contributed by atoms with Crippen molar-refractivity contribution in [3.05, 3.63) is 0 Å². The van der Waals surface area contributed by atoms with Crippen molar-refractivity contribution in [3.8, 4) is 0 Å². The molecule has 1 fully saturated rings. The van der Waals surface area contributed by atoms with Crippen LogP contribution in [0.4, 0.5) is 0 Å². The molecule has 1 aliphatic rings. The maximum Gasteiger partial charge on any atom is 0.0472 e. The fraction of sp³-hybridized carbons (Fsp3) is 1.00. The first-order chi connectivity index (χ1) is 9.58. The topological polar surface area (TPSA) is 27.7 Å². The normalized spacial score (nSPS) is 18.9. The van der Waals surface area contributed by atoms with Crippen LogP contribution < -0.4 is 5.32 Å². The van der Waals surface area contributed by atoms with Gasteiger partial charge in [-0.15, -0.1) is 0 Å². The van der Waals surface area contributed by atoms with Crippen LogP contribution in [0, 0.1) is 5.41 Å². The van der Waals surface area contributed by atoms with E-state index in [-0.39, 0.29) is 0 Å². The standard InChI is InChI=1S/C16H35N3O/c1-5-9-17-14-16(7-12-20-13-8-16)15-19(4)11-6-10-18(2)3/h17H,5-15H2,1-4H3. The summed E-state index contributed by atoms with van der Waals surface area (Å²) in [5.74, 6) is 0. The summed E-state index contributed by atoms with van der Waals surface area (Å²) in [6, 6.07) is 0. The summed E-state index contributed by atoms with van der Waals surface area (Å²) in [6.07, 6.45) is 4.85. The molecule has 1 saturated heterocycles. The van der Waals surface area contributed by atoms with E-state index >= 15 is 0 Å². The minimum absolute atomic E-state index is 0.417. The Balaban J connectivity index is 2.38. The van der Waals surface area contributed by atoms with E-state index in [1.807, 2.05) is 0 Å². The zero-order valence-electron chi connectivity index (χ0n) is 14.1. The SMILES string of the molecule is CCCNCC1(CN(C)CCCN(C)C)CCOCC1. The third kappa shape index (κ3) is 7.02. The highest BCUT2D eigenvalue weighted by Gasteiger charge is 2.33. The molecule has 0 radical (unpaired) electrons. The van der Waals surface area contributed by atoms with Gasteiger partial charge in [0.05, 0.1) is 0 Å². The zero-order chi connectivity index (χ0) is 14.8. The number of nitrogens with one attached hydrogen (secondary N) is 1. The van der Waals surface area contributed by atoms with Gasteiger partial charge in [0.2, 0.25) is 0 Å². The van der Waals surface area contributed by atoms with Crippen molar-refractivity contribution in [1.29, 1.82) is 0 Å². The molecule has 1 aliphatic heterocycles. The Morgan fingerprint density at radius 2 is 1.80 bits per heavy atom. The second-order valence-electron chi connectivity index (χ2n) is 6.68. The average Bonchev–Trinajstić information content (AvgIpc) is 2.39. The van der Waals surface area contributed by atoms with Crippen molar-refractivity contribution in [1.82, 2.24) is 15.1 Å². The summed E-state index contributed by atoms with van der Waals surface area (Å²) in [6.45, 7) is 9.93. The molecule has 4 nitrogen and oxygen atoms in total. The lowest BCUT2D eigenvalue weighted by Crippen LogP contribution is -2.47. The van der Waals surface area contributed by atoms with E-state index in [4.69, 9.17) is 4.74 Å². The molecule has 0 spiro atoms. The second kappa shape index (κ2) is 9.72. The molecular weight excluding hydrogens is 250 g/mol. The van der Waals surface area contributed by atoms with Crippen LogP contribution in [0.3, 0.4) is 0 Å². The molecule has 0 saturated carbocycles. The van der Waals surface area contributed by atoms with Gasteiger partial charge in [0, 0.05) is 26.3 Å². The van der Waals surface area contributed by atoms with E-state index in [0.29, 0.717) is 5.41 Å². The van der Waals surface area contributed by atoms with Crippen LogP contribution in [0.2, 0.25) is 0 Å². The number of hydrogen-bond donors (Lipinski definition) is 1. The molecule has 1 heterocycles. The van der Waals surface area contributed by atoms with Crippen molar-refractivity contribution in [3.63, 3.8) is 0 Å². The fourth-order valence-corrected chi connectivity index (χ4v) is 3.03. The molecule has 120 valence electrons. The van der Waals surface area contributed by atoms with Gasteiger partial charge < -0.3 is 19.9 Å². The Hall–Kier alpha value is -0.160. The predicted octanol–water partition coefficient (Wildman–Crippen LogP) is 1.67. The van der Waals surface area contributed by atoms with E-state index < -0.39 is 0 Å². The lowest BCUT2D eigenvalue weighted by atomic mass is 9.79. The summed E-state index contributed by atoms with van der Waals surface area (Å²) >= 11 is 0. The molecule has 0 aromatic rings. The van der Waals surface area contributed by atoms with Crippen LogP contribution in [0.25, 0.3) is 0 Å². The van der Waals surface area contributed by atoms with Crippen molar-refractivity contribution < 1.29 is 4.74 Å². The minimum Gasteiger partial charge on any atom is -0.381 e. The first-order valence-corrected chi connectivity index (χ1v) is 8.20. The first kappa shape index (κ1) is 17.9. The van der Waals surface area contributed by atoms with Gasteiger partial charge in [-0.2, -0.15) is 0 Å². The van der Waals surface area contributed by atoms with Crippen LogP contribution in [0.1, 0.15) is 32.6 Å². The van der Waals surface area contributed by atoms with Crippen molar-refractivity contribution in [2.24, 2.45) is 5.41 Å². The second-order valence-corrected chi connectivity index (χ2v) is 6.68. The Morgan fingerprint density at radius 3 is 2.40 bits per heavy atom. The van der Waals surface area contributed by atoms with Gasteiger partial charge in [-0.3, -0.25) is 0 Å². The first-order valence-electron chi connectivity index (χ1n) is 8.20. The maximum atomic E-state index is 5.57. The van der Waals surface area contributed by atoms with Crippen LogP contribution in [-0.4, -0.2) is 76.9 Å². The van der Waals surface area contributed by atoms with E-state index in [1.165, 1.54) is 45.3 Å². The van der Waals surface area contributed by atoms with Crippen molar-refractivity contribution in [2.45, 2.75) is 32.6 Å². The van der Waals surface area contributed by atoms with Gasteiger partial charge in [-0.1, -0.05) is 6.92 Å². The number of rotatable bonds is 10. The maximum absolute atomic E-state index is 5.57. The Bertz CT molecular complexity index is 240. The number of hydrogen-bond acceptors (Lipinski definition) is 4. The molecule has 1 rings (SSSR count). The van der Waals surface area contributed by atoms with Crippen LogP contribution >= 0.6 is 0 Å². The Kier molecular flexibility index (Phi) is 8.69. The Morgan fingerprint density at radius 1 is 1.10 bits per heavy atom. The summed E-state index contributed by atoms with van der Waals surface area (Å²) in [7, 11) is 6.57. The van der Waals surface area contributed by atoms with Gasteiger partial charge in [0.25, 0.3) is 0 Å². The van der Waals surface area contributed by atoms with E-state index in [1.54, 1.807) is 0 Å². The third-order valence-electron chi connectivity index (χ3n) is 4.23. The summed E-state index contributed by atoms with van der Waals surface area (Å²) in [4.78, 5) is 4.78. The van der Waals surface area contributed by atoms with E-state index in [0.717, 1.165) is 26.3 Å². The van der Waals surface area contributed by atoms with Gasteiger partial charge in [-0.25, -0.2) is 0 Å². The molecular formula is C16H35N3O.